The molecule has 0 fully saturated rings. The summed E-state index contributed by atoms with van der Waals surface area (Å²) < 4.78 is 6.33. The minimum Gasteiger partial charge on any atom is -0.456 e. The largest absolute Gasteiger partial charge is 0.456 e. The first kappa shape index (κ1) is 15.0. The van der Waals surface area contributed by atoms with E-state index < -0.39 is 0 Å². The third-order valence-electron chi connectivity index (χ3n) is 2.46. The summed E-state index contributed by atoms with van der Waals surface area (Å²) in [6.07, 6.45) is 0. The maximum Gasteiger partial charge on any atom is 0.170 e. The Hall–Kier alpha value is -1.43. The van der Waals surface area contributed by atoms with Crippen LogP contribution in [0.2, 0.25) is 10.0 Å². The Kier molecular flexibility index (Phi) is 4.75. The van der Waals surface area contributed by atoms with Gasteiger partial charge in [-0.05, 0) is 46.3 Å². The van der Waals surface area contributed by atoms with Gasteiger partial charge in [-0.15, -0.1) is 0 Å². The van der Waals surface area contributed by atoms with E-state index in [1.165, 1.54) is 0 Å². The molecule has 3 N–H and O–H groups in total. The van der Waals surface area contributed by atoms with Crippen molar-refractivity contribution in [2.45, 2.75) is 0 Å². The average molecular weight is 376 g/mol. The molecule has 104 valence electrons. The highest BCUT2D eigenvalue weighted by Gasteiger charge is 2.08. The molecule has 0 amide bonds. The quantitative estimate of drug-likeness (QED) is 0.270. The molecular formula is C13H9BrCl2N2O2. The molecule has 2 aromatic carbocycles. The van der Waals surface area contributed by atoms with Crippen LogP contribution in [0.25, 0.3) is 0 Å². The van der Waals surface area contributed by atoms with Crippen LogP contribution in [0.1, 0.15) is 5.56 Å². The maximum atomic E-state index is 8.58. The van der Waals surface area contributed by atoms with Crippen molar-refractivity contribution in [3.05, 3.63) is 56.5 Å². The first-order chi connectivity index (χ1) is 9.51. The minimum atomic E-state index is 0.0290. The summed E-state index contributed by atoms with van der Waals surface area (Å²) in [4.78, 5) is 0. The van der Waals surface area contributed by atoms with Gasteiger partial charge >= 0.3 is 0 Å². The van der Waals surface area contributed by atoms with Crippen LogP contribution in [0.4, 0.5) is 0 Å². The van der Waals surface area contributed by atoms with Crippen molar-refractivity contribution in [3.8, 4) is 11.5 Å². The topological polar surface area (TPSA) is 67.8 Å². The van der Waals surface area contributed by atoms with Crippen LogP contribution < -0.4 is 10.5 Å². The van der Waals surface area contributed by atoms with Crippen molar-refractivity contribution in [1.82, 2.24) is 0 Å². The van der Waals surface area contributed by atoms with Crippen LogP contribution in [-0.4, -0.2) is 11.0 Å². The standard InChI is InChI=1S/C13H9BrCl2N2O2/c14-9-5-11(16)12(6-10(9)15)20-8-3-1-7(2-4-8)13(17)18-19/h1-6,19H,(H2,17,18). The Morgan fingerprint density at radius 1 is 1.15 bits per heavy atom. The fourth-order valence-corrected chi connectivity index (χ4v) is 2.29. The second-order valence-corrected chi connectivity index (χ2v) is 5.48. The monoisotopic (exact) mass is 374 g/mol. The van der Waals surface area contributed by atoms with Crippen molar-refractivity contribution >= 4 is 45.0 Å². The molecule has 0 aliphatic carbocycles. The van der Waals surface area contributed by atoms with Crippen LogP contribution in [0.15, 0.2) is 46.0 Å². The number of hydrogen-bond donors (Lipinski definition) is 2. The SMILES string of the molecule is N/C(=N/O)c1ccc(Oc2cc(Cl)c(Br)cc2Cl)cc1. The van der Waals surface area contributed by atoms with Crippen molar-refractivity contribution in [2.24, 2.45) is 10.9 Å². The Morgan fingerprint density at radius 3 is 2.40 bits per heavy atom. The summed E-state index contributed by atoms with van der Waals surface area (Å²) in [6.45, 7) is 0. The minimum absolute atomic E-state index is 0.0290. The highest BCUT2D eigenvalue weighted by atomic mass is 79.9. The Labute approximate surface area is 133 Å². The summed E-state index contributed by atoms with van der Waals surface area (Å²) in [5, 5.41) is 12.4. The van der Waals surface area contributed by atoms with E-state index in [0.717, 1.165) is 0 Å². The van der Waals surface area contributed by atoms with Gasteiger partial charge in [-0.2, -0.15) is 0 Å². The van der Waals surface area contributed by atoms with Crippen molar-refractivity contribution in [2.75, 3.05) is 0 Å². The van der Waals surface area contributed by atoms with Crippen LogP contribution in [-0.2, 0) is 0 Å². The lowest BCUT2D eigenvalue weighted by Crippen LogP contribution is -2.12. The van der Waals surface area contributed by atoms with Crippen LogP contribution in [0.5, 0.6) is 11.5 Å². The van der Waals surface area contributed by atoms with E-state index in [0.29, 0.717) is 31.6 Å². The zero-order chi connectivity index (χ0) is 14.7. The van der Waals surface area contributed by atoms with Crippen molar-refractivity contribution in [1.29, 1.82) is 0 Å². The fourth-order valence-electron chi connectivity index (χ4n) is 1.46. The van der Waals surface area contributed by atoms with E-state index in [9.17, 15) is 0 Å². The van der Waals surface area contributed by atoms with Gasteiger partial charge in [-0.25, -0.2) is 0 Å². The molecule has 0 heterocycles. The number of amidine groups is 1. The Morgan fingerprint density at radius 2 is 1.80 bits per heavy atom. The molecule has 0 aliphatic rings. The number of ether oxygens (including phenoxy) is 1. The van der Waals surface area contributed by atoms with Crippen molar-refractivity contribution < 1.29 is 9.94 Å². The van der Waals surface area contributed by atoms with Gasteiger partial charge in [-0.3, -0.25) is 0 Å². The average Bonchev–Trinajstić information content (AvgIpc) is 2.44. The molecule has 0 spiro atoms. The van der Waals surface area contributed by atoms with E-state index in [2.05, 4.69) is 21.1 Å². The summed E-state index contributed by atoms with van der Waals surface area (Å²) >= 11 is 15.3. The number of benzene rings is 2. The molecule has 0 aromatic heterocycles. The number of hydrogen-bond acceptors (Lipinski definition) is 3. The number of nitrogens with zero attached hydrogens (tertiary/aromatic N) is 1. The molecule has 0 saturated heterocycles. The van der Waals surface area contributed by atoms with Gasteiger partial charge in [0.2, 0.25) is 0 Å². The first-order valence-electron chi connectivity index (χ1n) is 5.41. The molecular weight excluding hydrogens is 367 g/mol. The highest BCUT2D eigenvalue weighted by Crippen LogP contribution is 2.36. The summed E-state index contributed by atoms with van der Waals surface area (Å²) in [5.74, 6) is 1.03. The van der Waals surface area contributed by atoms with Crippen LogP contribution in [0, 0.1) is 0 Å². The van der Waals surface area contributed by atoms with Gasteiger partial charge in [0.05, 0.1) is 10.0 Å². The molecule has 0 bridgehead atoms. The zero-order valence-corrected chi connectivity index (χ0v) is 13.1. The molecule has 7 heteroatoms. The summed E-state index contributed by atoms with van der Waals surface area (Å²) in [7, 11) is 0. The third-order valence-corrected chi connectivity index (χ3v) is 3.95. The number of nitrogens with two attached hydrogens (primary N) is 1. The molecule has 4 nitrogen and oxygen atoms in total. The van der Waals surface area contributed by atoms with Crippen LogP contribution >= 0.6 is 39.1 Å². The molecule has 2 aromatic rings. The van der Waals surface area contributed by atoms with E-state index in [-0.39, 0.29) is 5.84 Å². The highest BCUT2D eigenvalue weighted by molar-refractivity contribution is 9.10. The Bertz CT molecular complexity index is 660. The molecule has 0 radical (unpaired) electrons. The molecule has 0 aliphatic heterocycles. The predicted molar refractivity (Wildman–Crippen MR) is 83.2 cm³/mol. The molecule has 20 heavy (non-hydrogen) atoms. The number of rotatable bonds is 3. The predicted octanol–water partition coefficient (Wildman–Crippen LogP) is 4.64. The summed E-state index contributed by atoms with van der Waals surface area (Å²) in [5.41, 5.74) is 6.06. The Balaban J connectivity index is 2.24. The van der Waals surface area contributed by atoms with Gasteiger partial charge in [0.15, 0.2) is 5.84 Å². The van der Waals surface area contributed by atoms with Crippen LogP contribution in [0.3, 0.4) is 0 Å². The normalized spacial score (nSPS) is 11.4. The van der Waals surface area contributed by atoms with Gasteiger partial charge in [-0.1, -0.05) is 28.4 Å². The molecule has 0 unspecified atom stereocenters. The van der Waals surface area contributed by atoms with Gasteiger partial charge in [0, 0.05) is 16.1 Å². The van der Waals surface area contributed by atoms with Gasteiger partial charge in [0.25, 0.3) is 0 Å². The lowest BCUT2D eigenvalue weighted by molar-refractivity contribution is 0.318. The van der Waals surface area contributed by atoms with Gasteiger partial charge < -0.3 is 15.7 Å². The van der Waals surface area contributed by atoms with E-state index in [4.69, 9.17) is 38.9 Å². The fraction of sp³-hybridized carbons (Fsp3) is 0. The second-order valence-electron chi connectivity index (χ2n) is 3.81. The number of oxime groups is 1. The molecule has 0 saturated carbocycles. The van der Waals surface area contributed by atoms with E-state index >= 15 is 0 Å². The van der Waals surface area contributed by atoms with Crippen molar-refractivity contribution in [3.63, 3.8) is 0 Å². The zero-order valence-electron chi connectivity index (χ0n) is 9.98. The number of halogens is 3. The maximum absolute atomic E-state index is 8.58. The smallest absolute Gasteiger partial charge is 0.170 e. The molecule has 2 rings (SSSR count). The lowest BCUT2D eigenvalue weighted by Gasteiger charge is -2.09. The van der Waals surface area contributed by atoms with Gasteiger partial charge in [0.1, 0.15) is 11.5 Å². The summed E-state index contributed by atoms with van der Waals surface area (Å²) in [6, 6.07) is 9.96. The van der Waals surface area contributed by atoms with E-state index in [1.807, 2.05) is 0 Å². The third kappa shape index (κ3) is 3.36. The second kappa shape index (κ2) is 6.35. The lowest BCUT2D eigenvalue weighted by atomic mass is 10.2. The molecule has 0 atom stereocenters. The van der Waals surface area contributed by atoms with E-state index in [1.54, 1.807) is 36.4 Å². The first-order valence-corrected chi connectivity index (χ1v) is 6.96.